The van der Waals surface area contributed by atoms with Crippen LogP contribution < -0.4 is 38.1 Å². The maximum atomic E-state index is 13.9. The quantitative estimate of drug-likeness (QED) is 0.0806. The number of benzene rings is 1. The number of rotatable bonds is 15. The molecule has 0 spiro atoms. The molecule has 1 aromatic carbocycles. The van der Waals surface area contributed by atoms with Gasteiger partial charge in [-0.1, -0.05) is 38.1 Å². The Hall–Kier alpha value is -5.29. The maximum Gasteiger partial charge on any atom is 0.326 e. The number of carboxylic acids is 1. The van der Waals surface area contributed by atoms with Crippen LogP contribution in [-0.4, -0.2) is 98.5 Å². The second kappa shape index (κ2) is 20.5. The van der Waals surface area contributed by atoms with E-state index >= 15 is 0 Å². The molecule has 1 aromatic heterocycles. The molecule has 1 aliphatic heterocycles. The summed E-state index contributed by atoms with van der Waals surface area (Å²) in [5, 5.41) is 32.8. The van der Waals surface area contributed by atoms with Crippen LogP contribution in [0.3, 0.4) is 0 Å². The number of aliphatic carboxylic acids is 1. The highest BCUT2D eigenvalue weighted by molar-refractivity contribution is 5.96. The molecule has 6 atom stereocenters. The number of amides is 5. The SMILES string of the molecule is CC(C)C[C@H](NC(=O)[C@H](Cc1ccc(O)cc1)NC(=O)[C@@H]1C/C=C/C[C@H](N)C(=O)N[C@@H](CCCCN)C(=O)N[C@@H](Cc2cnc[nH]2)C(=O)N1)C(=O)O. The lowest BCUT2D eigenvalue weighted by molar-refractivity contribution is -0.142. The third-order valence-electron chi connectivity index (χ3n) is 8.42. The normalized spacial score (nSPS) is 21.8. The zero-order chi connectivity index (χ0) is 38.2. The first-order valence-corrected chi connectivity index (χ1v) is 17.4. The predicted molar refractivity (Wildman–Crippen MR) is 190 cm³/mol. The van der Waals surface area contributed by atoms with Gasteiger partial charge in [0.25, 0.3) is 0 Å². The third-order valence-corrected chi connectivity index (χ3v) is 8.42. The summed E-state index contributed by atoms with van der Waals surface area (Å²) < 4.78 is 0. The molecule has 12 N–H and O–H groups in total. The smallest absolute Gasteiger partial charge is 0.326 e. The molecule has 2 heterocycles. The summed E-state index contributed by atoms with van der Waals surface area (Å²) in [4.78, 5) is 86.7. The standard InChI is InChI=1S/C35H51N9O8/c1-20(2)15-29(35(51)52)44-33(49)27(16-21-10-12-23(45)13-11-21)42-32(48)26-8-4-3-7-24(37)30(46)40-25(9-5-6-14-36)31(47)43-28(34(50)41-26)17-22-18-38-19-39-22/h3-4,10-13,18-20,24-29,45H,5-9,14-17,36-37H2,1-2H3,(H,38,39)(H,40,46)(H,41,50)(H,42,48)(H,43,47)(H,44,49)(H,51,52)/b4-3+/t24-,25-,26-,27-,28-,29-/m0/s1. The molecule has 1 aliphatic rings. The molecule has 0 saturated carbocycles. The van der Waals surface area contributed by atoms with Gasteiger partial charge in [0.2, 0.25) is 29.5 Å². The van der Waals surface area contributed by atoms with Gasteiger partial charge in [0.05, 0.1) is 12.4 Å². The lowest BCUT2D eigenvalue weighted by atomic mass is 10.0. The van der Waals surface area contributed by atoms with Crippen LogP contribution in [0.5, 0.6) is 5.75 Å². The summed E-state index contributed by atoms with van der Waals surface area (Å²) >= 11 is 0. The number of carboxylic acid groups (broad SMARTS) is 1. The fourth-order valence-electron chi connectivity index (χ4n) is 5.54. The summed E-state index contributed by atoms with van der Waals surface area (Å²) in [5.41, 5.74) is 12.8. The van der Waals surface area contributed by atoms with E-state index in [9.17, 15) is 39.0 Å². The van der Waals surface area contributed by atoms with Gasteiger partial charge in [-0.2, -0.15) is 0 Å². The number of aromatic nitrogens is 2. The first-order chi connectivity index (χ1) is 24.8. The van der Waals surface area contributed by atoms with Gasteiger partial charge in [-0.3, -0.25) is 24.0 Å². The van der Waals surface area contributed by atoms with E-state index in [1.54, 1.807) is 24.3 Å². The summed E-state index contributed by atoms with van der Waals surface area (Å²) in [5.74, 6) is -4.77. The van der Waals surface area contributed by atoms with Crippen molar-refractivity contribution in [2.24, 2.45) is 17.4 Å². The number of hydrogen-bond donors (Lipinski definition) is 10. The molecule has 2 aromatic rings. The highest BCUT2D eigenvalue weighted by atomic mass is 16.4. The van der Waals surface area contributed by atoms with Crippen LogP contribution >= 0.6 is 0 Å². The minimum atomic E-state index is -1.29. The molecule has 3 rings (SSSR count). The van der Waals surface area contributed by atoms with Crippen molar-refractivity contribution in [2.45, 2.75) is 101 Å². The molecule has 0 radical (unpaired) electrons. The van der Waals surface area contributed by atoms with E-state index in [4.69, 9.17) is 11.5 Å². The Kier molecular flexibility index (Phi) is 16.2. The van der Waals surface area contributed by atoms with E-state index in [0.29, 0.717) is 30.6 Å². The molecule has 5 amide bonds. The van der Waals surface area contributed by atoms with E-state index < -0.39 is 71.8 Å². The van der Waals surface area contributed by atoms with Crippen molar-refractivity contribution in [1.82, 2.24) is 36.6 Å². The van der Waals surface area contributed by atoms with E-state index in [1.165, 1.54) is 24.7 Å². The van der Waals surface area contributed by atoms with Crippen molar-refractivity contribution in [2.75, 3.05) is 6.54 Å². The minimum Gasteiger partial charge on any atom is -0.508 e. The van der Waals surface area contributed by atoms with E-state index in [2.05, 4.69) is 36.6 Å². The minimum absolute atomic E-state index is 0.0123. The molecular weight excluding hydrogens is 674 g/mol. The van der Waals surface area contributed by atoms with Crippen LogP contribution in [0, 0.1) is 5.92 Å². The van der Waals surface area contributed by atoms with Crippen LogP contribution in [0.15, 0.2) is 48.9 Å². The molecule has 284 valence electrons. The molecule has 0 unspecified atom stereocenters. The van der Waals surface area contributed by atoms with E-state index in [-0.39, 0.29) is 50.2 Å². The molecular formula is C35H51N9O8. The molecule has 17 heteroatoms. The van der Waals surface area contributed by atoms with Crippen LogP contribution in [0.1, 0.15) is 63.6 Å². The summed E-state index contributed by atoms with van der Waals surface area (Å²) in [6, 6.07) is -1.10. The Morgan fingerprint density at radius 3 is 2.23 bits per heavy atom. The van der Waals surface area contributed by atoms with E-state index in [1.807, 2.05) is 13.8 Å². The predicted octanol–water partition coefficient (Wildman–Crippen LogP) is -0.738. The number of unbranched alkanes of at least 4 members (excludes halogenated alkanes) is 1. The monoisotopic (exact) mass is 725 g/mol. The Balaban J connectivity index is 1.94. The van der Waals surface area contributed by atoms with Crippen molar-refractivity contribution in [3.8, 4) is 5.75 Å². The summed E-state index contributed by atoms with van der Waals surface area (Å²) in [6.45, 7) is 4.01. The average molecular weight is 726 g/mol. The number of phenols is 1. The fraction of sp³-hybridized carbons (Fsp3) is 0.514. The Morgan fingerprint density at radius 1 is 0.923 bits per heavy atom. The number of imidazole rings is 1. The number of aromatic hydroxyl groups is 1. The Labute approximate surface area is 302 Å². The number of aromatic amines is 1. The van der Waals surface area contributed by atoms with Crippen LogP contribution in [0.25, 0.3) is 0 Å². The highest BCUT2D eigenvalue weighted by Gasteiger charge is 2.33. The van der Waals surface area contributed by atoms with Gasteiger partial charge in [-0.05, 0) is 68.7 Å². The van der Waals surface area contributed by atoms with Crippen LogP contribution in [0.4, 0.5) is 0 Å². The Morgan fingerprint density at radius 2 is 1.60 bits per heavy atom. The van der Waals surface area contributed by atoms with Crippen molar-refractivity contribution in [1.29, 1.82) is 0 Å². The number of hydrogen-bond acceptors (Lipinski definition) is 10. The second-order valence-corrected chi connectivity index (χ2v) is 13.3. The van der Waals surface area contributed by atoms with Gasteiger partial charge in [-0.15, -0.1) is 0 Å². The van der Waals surface area contributed by atoms with Gasteiger partial charge in [0, 0.05) is 24.7 Å². The number of carbonyl (C=O) groups excluding carboxylic acids is 5. The topological polar surface area (TPSA) is 284 Å². The van der Waals surface area contributed by atoms with Gasteiger partial charge in [-0.25, -0.2) is 9.78 Å². The molecule has 0 fully saturated rings. The zero-order valence-corrected chi connectivity index (χ0v) is 29.5. The first kappa shape index (κ1) is 41.1. The third kappa shape index (κ3) is 13.4. The average Bonchev–Trinajstić information content (AvgIpc) is 3.61. The summed E-state index contributed by atoms with van der Waals surface area (Å²) in [6.07, 6.45) is 7.41. The van der Waals surface area contributed by atoms with Gasteiger partial charge in [0.1, 0.15) is 36.0 Å². The molecule has 0 aliphatic carbocycles. The zero-order valence-electron chi connectivity index (χ0n) is 29.5. The maximum absolute atomic E-state index is 13.9. The van der Waals surface area contributed by atoms with Crippen molar-refractivity contribution >= 4 is 35.5 Å². The molecule has 0 bridgehead atoms. The number of nitrogens with one attached hydrogen (secondary N) is 6. The van der Waals surface area contributed by atoms with Crippen LogP contribution in [-0.2, 0) is 41.6 Å². The summed E-state index contributed by atoms with van der Waals surface area (Å²) in [7, 11) is 0. The van der Waals surface area contributed by atoms with Crippen molar-refractivity contribution in [3.63, 3.8) is 0 Å². The number of nitrogens with zero attached hydrogens (tertiary/aromatic N) is 1. The molecule has 0 saturated heterocycles. The fourth-order valence-corrected chi connectivity index (χ4v) is 5.54. The molecule has 52 heavy (non-hydrogen) atoms. The van der Waals surface area contributed by atoms with Crippen molar-refractivity contribution in [3.05, 3.63) is 60.2 Å². The number of carbonyl (C=O) groups is 6. The lowest BCUT2D eigenvalue weighted by Gasteiger charge is -2.27. The largest absolute Gasteiger partial charge is 0.508 e. The van der Waals surface area contributed by atoms with Gasteiger partial charge >= 0.3 is 5.97 Å². The number of phenolic OH excluding ortho intramolecular Hbond substituents is 1. The van der Waals surface area contributed by atoms with Crippen LogP contribution in [0.2, 0.25) is 0 Å². The molecule has 17 nitrogen and oxygen atoms in total. The van der Waals surface area contributed by atoms with E-state index in [0.717, 1.165) is 0 Å². The highest BCUT2D eigenvalue weighted by Crippen LogP contribution is 2.14. The number of nitrogens with two attached hydrogens (primary N) is 2. The van der Waals surface area contributed by atoms with Gasteiger partial charge in [0.15, 0.2) is 0 Å². The van der Waals surface area contributed by atoms with Crippen molar-refractivity contribution < 1.29 is 39.0 Å². The van der Waals surface area contributed by atoms with Gasteiger partial charge < -0.3 is 53.2 Å². The Bertz CT molecular complexity index is 1530. The first-order valence-electron chi connectivity index (χ1n) is 17.4. The number of H-pyrrole nitrogens is 1. The lowest BCUT2D eigenvalue weighted by Crippen LogP contribution is -2.60. The second-order valence-electron chi connectivity index (χ2n) is 13.3.